The Hall–Kier alpha value is -4.00. The summed E-state index contributed by atoms with van der Waals surface area (Å²) in [6.45, 7) is 1.24. The van der Waals surface area contributed by atoms with E-state index in [9.17, 15) is 30.3 Å². The summed E-state index contributed by atoms with van der Waals surface area (Å²) in [6, 6.07) is 8.59. The molecule has 0 radical (unpaired) electrons. The molecule has 3 N–H and O–H groups in total. The Balaban J connectivity index is 0.000000211. The van der Waals surface area contributed by atoms with Crippen molar-refractivity contribution in [2.45, 2.75) is 12.5 Å². The molecular formula is C16H16N4O9. The summed E-state index contributed by atoms with van der Waals surface area (Å²) >= 11 is 0. The van der Waals surface area contributed by atoms with Crippen LogP contribution in [0.15, 0.2) is 36.4 Å². The van der Waals surface area contributed by atoms with Crippen molar-refractivity contribution in [2.75, 3.05) is 13.2 Å². The summed E-state index contributed by atoms with van der Waals surface area (Å²) in [7, 11) is 0. The highest BCUT2D eigenvalue weighted by atomic mass is 16.6. The average Bonchev–Trinajstić information content (AvgIpc) is 2.68. The molecule has 1 heterocycles. The summed E-state index contributed by atoms with van der Waals surface area (Å²) < 4.78 is 11.2. The van der Waals surface area contributed by atoms with Gasteiger partial charge in [0, 0.05) is 0 Å². The van der Waals surface area contributed by atoms with Gasteiger partial charge < -0.3 is 20.3 Å². The fourth-order valence-electron chi connectivity index (χ4n) is 2.36. The van der Waals surface area contributed by atoms with E-state index >= 15 is 0 Å². The predicted octanol–water partition coefficient (Wildman–Crippen LogP) is 2.29. The molecule has 2 aromatic carbocycles. The zero-order valence-electron chi connectivity index (χ0n) is 14.8. The fourth-order valence-corrected chi connectivity index (χ4v) is 2.36. The number of phenols is 1. The van der Waals surface area contributed by atoms with E-state index in [0.29, 0.717) is 25.3 Å². The molecule has 1 atom stereocenters. The van der Waals surface area contributed by atoms with Crippen LogP contribution in [0.2, 0.25) is 0 Å². The fraction of sp³-hybridized carbons (Fsp3) is 0.250. The second-order valence-electron chi connectivity index (χ2n) is 5.68. The van der Waals surface area contributed by atoms with Crippen LogP contribution in [0.25, 0.3) is 0 Å². The molecule has 13 nitrogen and oxygen atoms in total. The van der Waals surface area contributed by atoms with Gasteiger partial charge in [-0.2, -0.15) is 0 Å². The monoisotopic (exact) mass is 408 g/mol. The summed E-state index contributed by atoms with van der Waals surface area (Å²) in [6.07, 6.45) is 0.953. The first-order chi connectivity index (χ1) is 13.7. The maximum absolute atomic E-state index is 10.4. The van der Waals surface area contributed by atoms with Gasteiger partial charge in [-0.1, -0.05) is 12.1 Å². The van der Waals surface area contributed by atoms with Gasteiger partial charge in [0.25, 0.3) is 11.4 Å². The number of hydrogen-bond acceptors (Lipinski definition) is 10. The smallest absolute Gasteiger partial charge is 0.324 e. The number of ether oxygens (including phenoxy) is 2. The van der Waals surface area contributed by atoms with Crippen LogP contribution in [0.5, 0.6) is 17.2 Å². The normalized spacial score (nSPS) is 14.3. The van der Waals surface area contributed by atoms with Crippen LogP contribution in [0.1, 0.15) is 6.42 Å². The summed E-state index contributed by atoms with van der Waals surface area (Å²) in [5.41, 5.74) is 2.44. The Morgan fingerprint density at radius 1 is 1.00 bits per heavy atom. The van der Waals surface area contributed by atoms with E-state index in [2.05, 4.69) is 0 Å². The van der Waals surface area contributed by atoms with E-state index in [4.69, 9.17) is 20.3 Å². The van der Waals surface area contributed by atoms with Crippen molar-refractivity contribution in [1.29, 1.82) is 0 Å². The molecule has 1 aliphatic rings. The molecule has 154 valence electrons. The number of nitrogens with zero attached hydrogens (tertiary/aromatic N) is 3. The Morgan fingerprint density at radius 3 is 2.03 bits per heavy atom. The van der Waals surface area contributed by atoms with Gasteiger partial charge in [-0.15, -0.1) is 0 Å². The molecule has 2 aromatic rings. The lowest BCUT2D eigenvalue weighted by atomic mass is 10.2. The van der Waals surface area contributed by atoms with E-state index < -0.39 is 37.6 Å². The van der Waals surface area contributed by atoms with Crippen molar-refractivity contribution < 1.29 is 29.4 Å². The number of fused-ring (bicyclic) bond motifs is 1. The minimum absolute atomic E-state index is 0.111. The second kappa shape index (κ2) is 9.27. The summed E-state index contributed by atoms with van der Waals surface area (Å²) in [5.74, 6) is 0.448. The molecule has 1 aliphatic heterocycles. The van der Waals surface area contributed by atoms with E-state index in [-0.39, 0.29) is 6.10 Å². The Morgan fingerprint density at radius 2 is 1.55 bits per heavy atom. The molecule has 0 aliphatic carbocycles. The number of nitro benzene ring substituents is 3. The number of hydrogen-bond donors (Lipinski definition) is 2. The molecule has 0 aromatic heterocycles. The third-order valence-electron chi connectivity index (χ3n) is 3.71. The van der Waals surface area contributed by atoms with Gasteiger partial charge in [-0.25, -0.2) is 0 Å². The summed E-state index contributed by atoms with van der Waals surface area (Å²) in [4.78, 5) is 27.8. The SMILES string of the molecule is NCCC1COc2ccccc2O1.O=[N+]([O-])c1cc([N+](=O)[O-])c(O)c([N+](=O)[O-])c1. The van der Waals surface area contributed by atoms with E-state index in [0.717, 1.165) is 17.9 Å². The third kappa shape index (κ3) is 5.26. The van der Waals surface area contributed by atoms with Crippen LogP contribution in [0, 0.1) is 30.3 Å². The van der Waals surface area contributed by atoms with Crippen molar-refractivity contribution in [1.82, 2.24) is 0 Å². The van der Waals surface area contributed by atoms with Crippen LogP contribution in [-0.4, -0.2) is 39.1 Å². The highest BCUT2D eigenvalue weighted by molar-refractivity contribution is 5.64. The number of para-hydroxylation sites is 2. The zero-order valence-corrected chi connectivity index (χ0v) is 14.8. The van der Waals surface area contributed by atoms with Crippen molar-refractivity contribution >= 4 is 17.1 Å². The molecule has 1 unspecified atom stereocenters. The molecule has 13 heteroatoms. The van der Waals surface area contributed by atoms with E-state index in [1.54, 1.807) is 0 Å². The van der Waals surface area contributed by atoms with Crippen LogP contribution in [0.3, 0.4) is 0 Å². The molecule has 0 spiro atoms. The quantitative estimate of drug-likeness (QED) is 0.547. The zero-order chi connectivity index (χ0) is 21.6. The van der Waals surface area contributed by atoms with Gasteiger partial charge in [0.15, 0.2) is 11.5 Å². The number of phenolic OH excluding ortho intramolecular Hbond substituents is 1. The molecular weight excluding hydrogens is 392 g/mol. The first-order valence-corrected chi connectivity index (χ1v) is 8.13. The summed E-state index contributed by atoms with van der Waals surface area (Å²) in [5, 5.41) is 40.2. The standard InChI is InChI=1S/C10H13NO2.C6H3N3O7/c11-6-5-8-7-12-9-3-1-2-4-10(9)13-8;10-6-4(8(13)14)1-3(7(11)12)2-5(6)9(15)16/h1-4,8H,5-7,11H2;1-2,10H. The van der Waals surface area contributed by atoms with Gasteiger partial charge >= 0.3 is 11.4 Å². The van der Waals surface area contributed by atoms with Gasteiger partial charge in [-0.3, -0.25) is 30.3 Å². The Kier molecular flexibility index (Phi) is 6.81. The van der Waals surface area contributed by atoms with Crippen molar-refractivity contribution in [3.63, 3.8) is 0 Å². The molecule has 0 saturated carbocycles. The first kappa shape index (κ1) is 21.3. The predicted molar refractivity (Wildman–Crippen MR) is 98.1 cm³/mol. The number of nitrogens with two attached hydrogens (primary N) is 1. The number of rotatable bonds is 5. The highest BCUT2D eigenvalue weighted by Gasteiger charge is 2.30. The topological polar surface area (TPSA) is 194 Å². The van der Waals surface area contributed by atoms with Gasteiger partial charge in [0.1, 0.15) is 12.7 Å². The van der Waals surface area contributed by atoms with Crippen molar-refractivity contribution in [3.05, 3.63) is 66.7 Å². The molecule has 29 heavy (non-hydrogen) atoms. The lowest BCUT2D eigenvalue weighted by Crippen LogP contribution is -2.31. The first-order valence-electron chi connectivity index (χ1n) is 8.13. The Labute approximate surface area is 162 Å². The van der Waals surface area contributed by atoms with Gasteiger partial charge in [0.05, 0.1) is 26.9 Å². The van der Waals surface area contributed by atoms with Crippen LogP contribution >= 0.6 is 0 Å². The van der Waals surface area contributed by atoms with Crippen LogP contribution in [0.4, 0.5) is 17.1 Å². The van der Waals surface area contributed by atoms with Crippen molar-refractivity contribution in [3.8, 4) is 17.2 Å². The molecule has 0 bridgehead atoms. The van der Waals surface area contributed by atoms with E-state index in [1.165, 1.54) is 0 Å². The molecule has 0 fully saturated rings. The maximum Gasteiger partial charge on any atom is 0.324 e. The van der Waals surface area contributed by atoms with Crippen LogP contribution < -0.4 is 15.2 Å². The number of non-ortho nitro benzene ring substituents is 1. The largest absolute Gasteiger partial charge is 0.497 e. The number of nitro groups is 3. The number of aromatic hydroxyl groups is 1. The maximum atomic E-state index is 10.4. The molecule has 0 amide bonds. The minimum Gasteiger partial charge on any atom is -0.497 e. The van der Waals surface area contributed by atoms with Gasteiger partial charge in [-0.05, 0) is 25.1 Å². The van der Waals surface area contributed by atoms with Gasteiger partial charge in [0.2, 0.25) is 0 Å². The minimum atomic E-state index is -1.21. The second-order valence-corrected chi connectivity index (χ2v) is 5.68. The molecule has 0 saturated heterocycles. The Bertz CT molecular complexity index is 899. The highest BCUT2D eigenvalue weighted by Crippen LogP contribution is 2.39. The third-order valence-corrected chi connectivity index (χ3v) is 3.71. The lowest BCUT2D eigenvalue weighted by molar-refractivity contribution is -0.404. The van der Waals surface area contributed by atoms with E-state index in [1.807, 2.05) is 24.3 Å². The van der Waals surface area contributed by atoms with Crippen molar-refractivity contribution in [2.24, 2.45) is 5.73 Å². The molecule has 3 rings (SSSR count). The average molecular weight is 408 g/mol. The lowest BCUT2D eigenvalue weighted by Gasteiger charge is -2.25. The number of benzene rings is 2. The van der Waals surface area contributed by atoms with Crippen LogP contribution in [-0.2, 0) is 0 Å².